The van der Waals surface area contributed by atoms with Gasteiger partial charge in [-0.25, -0.2) is 0 Å². The van der Waals surface area contributed by atoms with Crippen LogP contribution >= 0.6 is 0 Å². The molecule has 0 amide bonds. The van der Waals surface area contributed by atoms with Gasteiger partial charge in [-0.2, -0.15) is 0 Å². The second-order valence-electron chi connectivity index (χ2n) is 3.03. The van der Waals surface area contributed by atoms with Crippen LogP contribution in [-0.4, -0.2) is 23.9 Å². The van der Waals surface area contributed by atoms with Gasteiger partial charge in [0, 0.05) is 0 Å². The number of hydrogen-bond acceptors (Lipinski definition) is 2. The quantitative estimate of drug-likeness (QED) is 0.530. The molecule has 2 atom stereocenters. The Bertz CT molecular complexity index is 228. The summed E-state index contributed by atoms with van der Waals surface area (Å²) >= 11 is 0. The van der Waals surface area contributed by atoms with Gasteiger partial charge < -0.3 is 9.84 Å². The summed E-state index contributed by atoms with van der Waals surface area (Å²) in [7, 11) is 0. The summed E-state index contributed by atoms with van der Waals surface area (Å²) < 4.78 is 5.38. The zero-order chi connectivity index (χ0) is 9.68. The van der Waals surface area contributed by atoms with Gasteiger partial charge >= 0.3 is 0 Å². The highest BCUT2D eigenvalue weighted by atomic mass is 16.5. The zero-order valence-corrected chi connectivity index (χ0v) is 7.94. The molecule has 0 aromatic rings. The average Bonchev–Trinajstić information content (AvgIpc) is 2.46. The maximum absolute atomic E-state index is 9.73. The van der Waals surface area contributed by atoms with Crippen molar-refractivity contribution in [3.8, 4) is 0 Å². The average molecular weight is 180 g/mol. The first-order valence-electron chi connectivity index (χ1n) is 4.57. The normalized spacial score (nSPS) is 31.7. The van der Waals surface area contributed by atoms with Crippen molar-refractivity contribution in [2.24, 2.45) is 0 Å². The van der Waals surface area contributed by atoms with Gasteiger partial charge in [0.15, 0.2) is 0 Å². The SMILES string of the molecule is C=CC=CC1OCC(=CCC)C1O. The Labute approximate surface area is 79.2 Å². The summed E-state index contributed by atoms with van der Waals surface area (Å²) in [6.07, 6.45) is 7.58. The van der Waals surface area contributed by atoms with Crippen molar-refractivity contribution in [3.63, 3.8) is 0 Å². The van der Waals surface area contributed by atoms with Crippen LogP contribution in [0.2, 0.25) is 0 Å². The Morgan fingerprint density at radius 2 is 2.46 bits per heavy atom. The van der Waals surface area contributed by atoms with Crippen LogP contribution in [0, 0.1) is 0 Å². The number of hydrogen-bond donors (Lipinski definition) is 1. The first-order valence-corrected chi connectivity index (χ1v) is 4.57. The van der Waals surface area contributed by atoms with Gasteiger partial charge in [0.05, 0.1) is 6.61 Å². The standard InChI is InChI=1S/C11H16O2/c1-3-5-7-10-11(12)9(6-4-2)8-13-10/h3,5-7,10-12H,1,4,8H2,2H3. The number of aliphatic hydroxyl groups is 1. The zero-order valence-electron chi connectivity index (χ0n) is 7.94. The third-order valence-electron chi connectivity index (χ3n) is 2.04. The van der Waals surface area contributed by atoms with Crippen molar-refractivity contribution in [1.29, 1.82) is 0 Å². The molecular formula is C11H16O2. The van der Waals surface area contributed by atoms with Crippen molar-refractivity contribution in [2.75, 3.05) is 6.61 Å². The minimum absolute atomic E-state index is 0.198. The molecule has 2 heteroatoms. The van der Waals surface area contributed by atoms with Gasteiger partial charge in [-0.15, -0.1) is 0 Å². The van der Waals surface area contributed by atoms with E-state index in [2.05, 4.69) is 6.58 Å². The van der Waals surface area contributed by atoms with E-state index in [1.807, 2.05) is 19.1 Å². The van der Waals surface area contributed by atoms with Crippen molar-refractivity contribution in [3.05, 3.63) is 36.5 Å². The number of ether oxygens (including phenoxy) is 1. The fourth-order valence-corrected chi connectivity index (χ4v) is 1.37. The first-order chi connectivity index (χ1) is 6.29. The predicted molar refractivity (Wildman–Crippen MR) is 53.5 cm³/mol. The second kappa shape index (κ2) is 5.00. The highest BCUT2D eigenvalue weighted by molar-refractivity contribution is 5.19. The van der Waals surface area contributed by atoms with E-state index in [1.54, 1.807) is 12.2 Å². The van der Waals surface area contributed by atoms with Gasteiger partial charge in [0.2, 0.25) is 0 Å². The summed E-state index contributed by atoms with van der Waals surface area (Å²) in [5.41, 5.74) is 0.987. The lowest BCUT2D eigenvalue weighted by Crippen LogP contribution is -2.19. The molecule has 2 nitrogen and oxygen atoms in total. The molecule has 1 fully saturated rings. The second-order valence-corrected chi connectivity index (χ2v) is 3.03. The van der Waals surface area contributed by atoms with Crippen molar-refractivity contribution >= 4 is 0 Å². The van der Waals surface area contributed by atoms with E-state index in [0.29, 0.717) is 6.61 Å². The van der Waals surface area contributed by atoms with Gasteiger partial charge in [0.1, 0.15) is 12.2 Å². The Morgan fingerprint density at radius 1 is 1.69 bits per heavy atom. The van der Waals surface area contributed by atoms with Crippen LogP contribution in [0.1, 0.15) is 13.3 Å². The van der Waals surface area contributed by atoms with E-state index < -0.39 is 6.10 Å². The summed E-state index contributed by atoms with van der Waals surface area (Å²) in [6.45, 7) is 6.15. The van der Waals surface area contributed by atoms with Crippen LogP contribution in [0.4, 0.5) is 0 Å². The van der Waals surface area contributed by atoms with Crippen molar-refractivity contribution in [2.45, 2.75) is 25.6 Å². The fraction of sp³-hybridized carbons (Fsp3) is 0.455. The summed E-state index contributed by atoms with van der Waals surface area (Å²) in [5, 5.41) is 9.73. The van der Waals surface area contributed by atoms with E-state index in [4.69, 9.17) is 4.74 Å². The van der Waals surface area contributed by atoms with Gasteiger partial charge in [-0.05, 0) is 12.0 Å². The lowest BCUT2D eigenvalue weighted by molar-refractivity contribution is 0.0769. The number of aliphatic hydroxyl groups excluding tert-OH is 1. The molecule has 0 bridgehead atoms. The molecule has 13 heavy (non-hydrogen) atoms. The molecule has 1 heterocycles. The van der Waals surface area contributed by atoms with Crippen LogP contribution in [0.3, 0.4) is 0 Å². The topological polar surface area (TPSA) is 29.5 Å². The van der Waals surface area contributed by atoms with Crippen LogP contribution < -0.4 is 0 Å². The fourth-order valence-electron chi connectivity index (χ4n) is 1.37. The minimum Gasteiger partial charge on any atom is -0.386 e. The van der Waals surface area contributed by atoms with E-state index in [9.17, 15) is 5.11 Å². The van der Waals surface area contributed by atoms with Gasteiger partial charge in [-0.1, -0.05) is 37.8 Å². The lowest BCUT2D eigenvalue weighted by atomic mass is 10.1. The molecule has 0 saturated carbocycles. The molecule has 1 aliphatic rings. The maximum Gasteiger partial charge on any atom is 0.107 e. The number of rotatable bonds is 3. The molecule has 2 unspecified atom stereocenters. The molecule has 0 aromatic heterocycles. The monoisotopic (exact) mass is 180 g/mol. The van der Waals surface area contributed by atoms with Crippen LogP contribution in [0.5, 0.6) is 0 Å². The smallest absolute Gasteiger partial charge is 0.107 e. The van der Waals surface area contributed by atoms with E-state index in [1.165, 1.54) is 0 Å². The molecule has 1 aliphatic heterocycles. The molecular weight excluding hydrogens is 164 g/mol. The molecule has 0 spiro atoms. The minimum atomic E-state index is -0.476. The summed E-state index contributed by atoms with van der Waals surface area (Å²) in [6, 6.07) is 0. The molecule has 1 saturated heterocycles. The van der Waals surface area contributed by atoms with Gasteiger partial charge in [-0.3, -0.25) is 0 Å². The Hall–Kier alpha value is -0.860. The van der Waals surface area contributed by atoms with Gasteiger partial charge in [0.25, 0.3) is 0 Å². The number of allylic oxidation sites excluding steroid dienone is 3. The largest absolute Gasteiger partial charge is 0.386 e. The highest BCUT2D eigenvalue weighted by Crippen LogP contribution is 2.20. The molecule has 0 aliphatic carbocycles. The maximum atomic E-state index is 9.73. The van der Waals surface area contributed by atoms with Crippen LogP contribution in [0.15, 0.2) is 36.5 Å². The molecule has 0 radical (unpaired) electrons. The summed E-state index contributed by atoms with van der Waals surface area (Å²) in [4.78, 5) is 0. The Morgan fingerprint density at radius 3 is 3.08 bits per heavy atom. The third kappa shape index (κ3) is 2.54. The molecule has 0 aromatic carbocycles. The predicted octanol–water partition coefficient (Wildman–Crippen LogP) is 1.82. The van der Waals surface area contributed by atoms with Crippen LogP contribution in [-0.2, 0) is 4.74 Å². The molecule has 1 N–H and O–H groups in total. The third-order valence-corrected chi connectivity index (χ3v) is 2.04. The Balaban J connectivity index is 2.59. The van der Waals surface area contributed by atoms with E-state index in [0.717, 1.165) is 12.0 Å². The van der Waals surface area contributed by atoms with Crippen LogP contribution in [0.25, 0.3) is 0 Å². The highest BCUT2D eigenvalue weighted by Gasteiger charge is 2.27. The molecule has 1 rings (SSSR count). The van der Waals surface area contributed by atoms with E-state index in [-0.39, 0.29) is 6.10 Å². The Kier molecular flexibility index (Phi) is 3.93. The molecule has 72 valence electrons. The van der Waals surface area contributed by atoms with Crippen molar-refractivity contribution < 1.29 is 9.84 Å². The lowest BCUT2D eigenvalue weighted by Gasteiger charge is -2.08. The van der Waals surface area contributed by atoms with E-state index >= 15 is 0 Å². The summed E-state index contributed by atoms with van der Waals surface area (Å²) in [5.74, 6) is 0. The first kappa shape index (κ1) is 10.2. The van der Waals surface area contributed by atoms with Crippen molar-refractivity contribution in [1.82, 2.24) is 0 Å².